The minimum atomic E-state index is -0.788. The van der Waals surface area contributed by atoms with Crippen molar-refractivity contribution in [2.75, 3.05) is 0 Å². The van der Waals surface area contributed by atoms with Gasteiger partial charge in [-0.05, 0) is 17.7 Å². The molecule has 0 aliphatic rings. The molecule has 2 rings (SSSR count). The summed E-state index contributed by atoms with van der Waals surface area (Å²) < 4.78 is 44.5. The van der Waals surface area contributed by atoms with Gasteiger partial charge in [-0.1, -0.05) is 6.07 Å². The van der Waals surface area contributed by atoms with E-state index in [4.69, 9.17) is 10.5 Å². The summed E-state index contributed by atoms with van der Waals surface area (Å²) >= 11 is 0. The van der Waals surface area contributed by atoms with Crippen molar-refractivity contribution < 1.29 is 17.9 Å². The lowest BCUT2D eigenvalue weighted by molar-refractivity contribution is 0.433. The topological polar surface area (TPSA) is 35.2 Å². The largest absolute Gasteiger partial charge is 0.454 e. The monoisotopic (exact) mass is 253 g/mol. The van der Waals surface area contributed by atoms with E-state index in [1.807, 2.05) is 0 Å². The minimum absolute atomic E-state index is 0.105. The van der Waals surface area contributed by atoms with Crippen LogP contribution in [0.25, 0.3) is 0 Å². The molecule has 5 heteroatoms. The van der Waals surface area contributed by atoms with E-state index >= 15 is 0 Å². The van der Waals surface area contributed by atoms with Gasteiger partial charge in [0.1, 0.15) is 17.4 Å². The zero-order valence-electron chi connectivity index (χ0n) is 9.29. The van der Waals surface area contributed by atoms with Crippen molar-refractivity contribution in [3.05, 3.63) is 59.4 Å². The third-order valence-electron chi connectivity index (χ3n) is 2.30. The Kier molecular flexibility index (Phi) is 3.53. The summed E-state index contributed by atoms with van der Waals surface area (Å²) in [6.07, 6.45) is 0. The standard InChI is InChI=1S/C13H10F3NO/c14-9-4-10(15)6-11(5-9)18-13-2-1-8(7-17)3-12(13)16/h1-6H,7,17H2. The van der Waals surface area contributed by atoms with Gasteiger partial charge in [0.05, 0.1) is 0 Å². The molecule has 18 heavy (non-hydrogen) atoms. The molecule has 0 aliphatic carbocycles. The third kappa shape index (κ3) is 2.81. The third-order valence-corrected chi connectivity index (χ3v) is 2.30. The fourth-order valence-corrected chi connectivity index (χ4v) is 1.47. The van der Waals surface area contributed by atoms with Gasteiger partial charge in [-0.25, -0.2) is 13.2 Å². The van der Waals surface area contributed by atoms with E-state index in [-0.39, 0.29) is 18.0 Å². The molecular weight excluding hydrogens is 243 g/mol. The summed E-state index contributed by atoms with van der Waals surface area (Å²) in [4.78, 5) is 0. The molecule has 0 bridgehead atoms. The molecule has 0 heterocycles. The molecule has 2 aromatic rings. The lowest BCUT2D eigenvalue weighted by atomic mass is 10.2. The summed E-state index contributed by atoms with van der Waals surface area (Å²) in [6.45, 7) is 0.200. The lowest BCUT2D eigenvalue weighted by Crippen LogP contribution is -1.98. The van der Waals surface area contributed by atoms with E-state index < -0.39 is 17.5 Å². The Morgan fingerprint density at radius 1 is 0.944 bits per heavy atom. The maximum absolute atomic E-state index is 13.6. The molecule has 2 nitrogen and oxygen atoms in total. The number of hydrogen-bond acceptors (Lipinski definition) is 2. The summed E-state index contributed by atoms with van der Waals surface area (Å²) in [5.74, 6) is -2.43. The minimum Gasteiger partial charge on any atom is -0.454 e. The molecular formula is C13H10F3NO. The Hall–Kier alpha value is -2.01. The van der Waals surface area contributed by atoms with Crippen LogP contribution < -0.4 is 10.5 Å². The second-order valence-electron chi connectivity index (χ2n) is 3.68. The average Bonchev–Trinajstić information content (AvgIpc) is 2.30. The Morgan fingerprint density at radius 3 is 2.17 bits per heavy atom. The number of hydrogen-bond donors (Lipinski definition) is 1. The van der Waals surface area contributed by atoms with Crippen LogP contribution in [-0.2, 0) is 6.54 Å². The molecule has 0 saturated carbocycles. The molecule has 0 fully saturated rings. The van der Waals surface area contributed by atoms with Crippen LogP contribution in [0.4, 0.5) is 13.2 Å². The lowest BCUT2D eigenvalue weighted by Gasteiger charge is -2.08. The maximum Gasteiger partial charge on any atom is 0.166 e. The van der Waals surface area contributed by atoms with Crippen molar-refractivity contribution in [1.29, 1.82) is 0 Å². The van der Waals surface area contributed by atoms with E-state index in [0.29, 0.717) is 11.6 Å². The second-order valence-corrected chi connectivity index (χ2v) is 3.68. The van der Waals surface area contributed by atoms with Gasteiger partial charge in [-0.2, -0.15) is 0 Å². The van der Waals surface area contributed by atoms with Gasteiger partial charge in [0.25, 0.3) is 0 Å². The van der Waals surface area contributed by atoms with Crippen LogP contribution in [0.15, 0.2) is 36.4 Å². The van der Waals surface area contributed by atoms with Crippen LogP contribution in [0.3, 0.4) is 0 Å². The molecule has 0 radical (unpaired) electrons. The van der Waals surface area contributed by atoms with Gasteiger partial charge in [0.2, 0.25) is 0 Å². The average molecular weight is 253 g/mol. The van der Waals surface area contributed by atoms with E-state index in [0.717, 1.165) is 12.1 Å². The van der Waals surface area contributed by atoms with Crippen molar-refractivity contribution in [1.82, 2.24) is 0 Å². The highest BCUT2D eigenvalue weighted by Crippen LogP contribution is 2.26. The molecule has 0 aliphatic heterocycles. The Bertz CT molecular complexity index is 552. The summed E-state index contributed by atoms with van der Waals surface area (Å²) in [5, 5.41) is 0. The maximum atomic E-state index is 13.6. The van der Waals surface area contributed by atoms with Crippen molar-refractivity contribution in [3.8, 4) is 11.5 Å². The molecule has 0 amide bonds. The first-order valence-electron chi connectivity index (χ1n) is 5.21. The predicted octanol–water partition coefficient (Wildman–Crippen LogP) is 3.35. The first-order chi connectivity index (χ1) is 8.58. The summed E-state index contributed by atoms with van der Waals surface area (Å²) in [7, 11) is 0. The first-order valence-corrected chi connectivity index (χ1v) is 5.21. The molecule has 2 N–H and O–H groups in total. The molecule has 0 aromatic heterocycles. The van der Waals surface area contributed by atoms with Crippen molar-refractivity contribution in [3.63, 3.8) is 0 Å². The van der Waals surface area contributed by atoms with Crippen LogP contribution in [0.2, 0.25) is 0 Å². The molecule has 0 unspecified atom stereocenters. The van der Waals surface area contributed by atoms with Crippen molar-refractivity contribution in [2.24, 2.45) is 5.73 Å². The number of nitrogens with two attached hydrogens (primary N) is 1. The second kappa shape index (κ2) is 5.10. The van der Waals surface area contributed by atoms with Crippen LogP contribution in [0, 0.1) is 17.5 Å². The number of ether oxygens (including phenoxy) is 1. The van der Waals surface area contributed by atoms with Gasteiger partial charge in [-0.3, -0.25) is 0 Å². The van der Waals surface area contributed by atoms with E-state index in [1.54, 1.807) is 6.07 Å². The zero-order chi connectivity index (χ0) is 13.1. The number of halogens is 3. The first kappa shape index (κ1) is 12.4. The van der Waals surface area contributed by atoms with Crippen molar-refractivity contribution in [2.45, 2.75) is 6.54 Å². The fourth-order valence-electron chi connectivity index (χ4n) is 1.47. The molecule has 0 spiro atoms. The zero-order valence-corrected chi connectivity index (χ0v) is 9.29. The van der Waals surface area contributed by atoms with Crippen LogP contribution >= 0.6 is 0 Å². The molecule has 2 aromatic carbocycles. The van der Waals surface area contributed by atoms with Crippen LogP contribution in [0.5, 0.6) is 11.5 Å². The van der Waals surface area contributed by atoms with Gasteiger partial charge in [-0.15, -0.1) is 0 Å². The van der Waals surface area contributed by atoms with E-state index in [2.05, 4.69) is 0 Å². The Morgan fingerprint density at radius 2 is 1.61 bits per heavy atom. The molecule has 0 atom stereocenters. The highest BCUT2D eigenvalue weighted by atomic mass is 19.1. The Labute approximate surface area is 102 Å². The molecule has 94 valence electrons. The van der Waals surface area contributed by atoms with Gasteiger partial charge in [0.15, 0.2) is 11.6 Å². The predicted molar refractivity (Wildman–Crippen MR) is 60.7 cm³/mol. The Balaban J connectivity index is 2.28. The smallest absolute Gasteiger partial charge is 0.166 e. The number of rotatable bonds is 3. The quantitative estimate of drug-likeness (QED) is 0.910. The SMILES string of the molecule is NCc1ccc(Oc2cc(F)cc(F)c2)c(F)c1. The molecule has 0 saturated heterocycles. The van der Waals surface area contributed by atoms with Gasteiger partial charge in [0, 0.05) is 24.7 Å². The number of benzene rings is 2. The highest BCUT2D eigenvalue weighted by molar-refractivity contribution is 5.34. The van der Waals surface area contributed by atoms with Gasteiger partial charge >= 0.3 is 0 Å². The van der Waals surface area contributed by atoms with Crippen LogP contribution in [-0.4, -0.2) is 0 Å². The normalized spacial score (nSPS) is 10.4. The van der Waals surface area contributed by atoms with Gasteiger partial charge < -0.3 is 10.5 Å². The highest BCUT2D eigenvalue weighted by Gasteiger charge is 2.07. The van der Waals surface area contributed by atoms with E-state index in [9.17, 15) is 13.2 Å². The van der Waals surface area contributed by atoms with Crippen LogP contribution in [0.1, 0.15) is 5.56 Å². The van der Waals surface area contributed by atoms with Crippen molar-refractivity contribution >= 4 is 0 Å². The fraction of sp³-hybridized carbons (Fsp3) is 0.0769. The summed E-state index contributed by atoms with van der Waals surface area (Å²) in [5.41, 5.74) is 5.96. The summed E-state index contributed by atoms with van der Waals surface area (Å²) in [6, 6.07) is 6.80. The van der Waals surface area contributed by atoms with E-state index in [1.165, 1.54) is 12.1 Å².